The minimum absolute atomic E-state index is 0.504. The van der Waals surface area contributed by atoms with E-state index in [0.717, 1.165) is 5.69 Å². The molecule has 0 saturated carbocycles. The summed E-state index contributed by atoms with van der Waals surface area (Å²) in [7, 11) is 0. The molecule has 2 aromatic rings. The van der Waals surface area contributed by atoms with E-state index in [1.807, 2.05) is 6.20 Å². The highest BCUT2D eigenvalue weighted by Crippen LogP contribution is 2.35. The zero-order chi connectivity index (χ0) is 14.1. The third-order valence-electron chi connectivity index (χ3n) is 4.66. The van der Waals surface area contributed by atoms with Crippen LogP contribution < -0.4 is 5.32 Å². The van der Waals surface area contributed by atoms with Crippen molar-refractivity contribution in [3.63, 3.8) is 0 Å². The Morgan fingerprint density at radius 3 is 2.76 bits per heavy atom. The van der Waals surface area contributed by atoms with Gasteiger partial charge >= 0.3 is 0 Å². The van der Waals surface area contributed by atoms with Crippen LogP contribution in [0.25, 0.3) is 16.8 Å². The Morgan fingerprint density at radius 1 is 0.952 bits per heavy atom. The molecule has 0 aliphatic carbocycles. The molecule has 2 aliphatic rings. The van der Waals surface area contributed by atoms with Crippen LogP contribution in [0.2, 0.25) is 0 Å². The Morgan fingerprint density at radius 2 is 1.86 bits per heavy atom. The van der Waals surface area contributed by atoms with E-state index in [4.69, 9.17) is 0 Å². The van der Waals surface area contributed by atoms with Gasteiger partial charge in [-0.1, -0.05) is 42.5 Å². The number of rotatable bonds is 2. The maximum absolute atomic E-state index is 4.67. The first-order valence-electron chi connectivity index (χ1n) is 7.89. The average Bonchev–Trinajstić information content (AvgIpc) is 2.90. The molecule has 21 heavy (non-hydrogen) atoms. The van der Waals surface area contributed by atoms with Crippen LogP contribution in [0.15, 0.2) is 54.7 Å². The molecule has 106 valence electrons. The zero-order valence-corrected chi connectivity index (χ0v) is 12.1. The van der Waals surface area contributed by atoms with Crippen LogP contribution in [0.1, 0.15) is 31.2 Å². The minimum Gasteiger partial charge on any atom is -0.307 e. The summed E-state index contributed by atoms with van der Waals surface area (Å²) in [4.78, 5) is 4.67. The van der Waals surface area contributed by atoms with Gasteiger partial charge in [-0.3, -0.25) is 4.98 Å². The van der Waals surface area contributed by atoms with Gasteiger partial charge in [-0.25, -0.2) is 0 Å². The zero-order valence-electron chi connectivity index (χ0n) is 12.1. The summed E-state index contributed by atoms with van der Waals surface area (Å²) in [6.45, 7) is 0. The number of hydrogen-bond donors (Lipinski definition) is 1. The van der Waals surface area contributed by atoms with E-state index in [2.05, 4.69) is 58.8 Å². The van der Waals surface area contributed by atoms with Gasteiger partial charge in [0.2, 0.25) is 0 Å². The second kappa shape index (κ2) is 5.45. The first-order valence-corrected chi connectivity index (χ1v) is 7.89. The van der Waals surface area contributed by atoms with Gasteiger partial charge in [-0.05, 0) is 37.3 Å². The topological polar surface area (TPSA) is 24.9 Å². The summed E-state index contributed by atoms with van der Waals surface area (Å²) in [5, 5.41) is 3.78. The van der Waals surface area contributed by atoms with Crippen molar-refractivity contribution in [1.82, 2.24) is 10.3 Å². The van der Waals surface area contributed by atoms with Crippen LogP contribution >= 0.6 is 0 Å². The Kier molecular flexibility index (Phi) is 3.32. The van der Waals surface area contributed by atoms with Crippen LogP contribution in [-0.2, 0) is 0 Å². The highest BCUT2D eigenvalue weighted by molar-refractivity contribution is 5.81. The molecular formula is C19H20N2. The lowest BCUT2D eigenvalue weighted by Crippen LogP contribution is -2.28. The normalized spacial score (nSPS) is 24.5. The molecular weight excluding hydrogens is 256 g/mol. The summed E-state index contributed by atoms with van der Waals surface area (Å²) in [6, 6.07) is 16.0. The first-order chi connectivity index (χ1) is 10.4. The first kappa shape index (κ1) is 12.8. The molecule has 4 rings (SSSR count). The molecule has 1 aromatic heterocycles. The summed E-state index contributed by atoms with van der Waals surface area (Å²) < 4.78 is 0. The van der Waals surface area contributed by atoms with Crippen molar-refractivity contribution in [2.45, 2.75) is 37.8 Å². The van der Waals surface area contributed by atoms with Gasteiger partial charge in [-0.15, -0.1) is 0 Å². The number of pyridine rings is 1. The number of aromatic nitrogens is 1. The average molecular weight is 276 g/mol. The Bertz CT molecular complexity index is 660. The fourth-order valence-electron chi connectivity index (χ4n) is 3.64. The van der Waals surface area contributed by atoms with E-state index in [1.54, 1.807) is 0 Å². The molecule has 1 fully saturated rings. The van der Waals surface area contributed by atoms with Gasteiger partial charge in [-0.2, -0.15) is 0 Å². The maximum atomic E-state index is 4.67. The predicted molar refractivity (Wildman–Crippen MR) is 86.8 cm³/mol. The van der Waals surface area contributed by atoms with Crippen molar-refractivity contribution in [1.29, 1.82) is 0 Å². The third-order valence-corrected chi connectivity index (χ3v) is 4.66. The SMILES string of the molecule is C1=C(c2cccnc2-c2ccccc2)C2CCC(CC1)N2. The van der Waals surface area contributed by atoms with Crippen molar-refractivity contribution >= 4 is 5.57 Å². The van der Waals surface area contributed by atoms with E-state index in [-0.39, 0.29) is 0 Å². The standard InChI is InChI=1S/C19H20N2/c1-2-6-14(7-3-1)19-17(10-5-13-20-19)16-9-4-8-15-11-12-18(16)21-15/h1-3,5-7,9-10,13,15,18,21H,4,8,11-12H2. The number of allylic oxidation sites excluding steroid dienone is 1. The summed E-state index contributed by atoms with van der Waals surface area (Å²) in [5.74, 6) is 0. The van der Waals surface area contributed by atoms with Crippen LogP contribution in [0.4, 0.5) is 0 Å². The van der Waals surface area contributed by atoms with Gasteiger partial charge in [0.05, 0.1) is 5.69 Å². The summed E-state index contributed by atoms with van der Waals surface area (Å²) in [5.41, 5.74) is 5.05. The summed E-state index contributed by atoms with van der Waals surface area (Å²) in [6.07, 6.45) is 9.32. The molecule has 2 heteroatoms. The lowest BCUT2D eigenvalue weighted by Gasteiger charge is -2.18. The van der Waals surface area contributed by atoms with Crippen LogP contribution in [-0.4, -0.2) is 17.1 Å². The molecule has 1 N–H and O–H groups in total. The summed E-state index contributed by atoms with van der Waals surface area (Å²) >= 11 is 0. The highest BCUT2D eigenvalue weighted by atomic mass is 15.0. The van der Waals surface area contributed by atoms with Crippen molar-refractivity contribution < 1.29 is 0 Å². The van der Waals surface area contributed by atoms with E-state index in [0.29, 0.717) is 12.1 Å². The molecule has 0 radical (unpaired) electrons. The number of benzene rings is 1. The molecule has 2 aliphatic heterocycles. The molecule has 2 atom stereocenters. The van der Waals surface area contributed by atoms with Crippen LogP contribution in [0, 0.1) is 0 Å². The fourth-order valence-corrected chi connectivity index (χ4v) is 3.64. The largest absolute Gasteiger partial charge is 0.307 e. The van der Waals surface area contributed by atoms with Gasteiger partial charge in [0.15, 0.2) is 0 Å². The fraction of sp³-hybridized carbons (Fsp3) is 0.316. The van der Waals surface area contributed by atoms with Crippen molar-refractivity contribution in [2.75, 3.05) is 0 Å². The van der Waals surface area contributed by atoms with Crippen LogP contribution in [0.5, 0.6) is 0 Å². The van der Waals surface area contributed by atoms with Crippen molar-refractivity contribution in [2.24, 2.45) is 0 Å². The predicted octanol–water partition coefficient (Wildman–Crippen LogP) is 4.05. The smallest absolute Gasteiger partial charge is 0.0777 e. The molecule has 2 bridgehead atoms. The van der Waals surface area contributed by atoms with E-state index >= 15 is 0 Å². The lowest BCUT2D eigenvalue weighted by molar-refractivity contribution is 0.559. The van der Waals surface area contributed by atoms with E-state index in [1.165, 1.54) is 42.4 Å². The van der Waals surface area contributed by atoms with Crippen LogP contribution in [0.3, 0.4) is 0 Å². The highest BCUT2D eigenvalue weighted by Gasteiger charge is 2.29. The Balaban J connectivity index is 1.80. The number of fused-ring (bicyclic) bond motifs is 2. The third kappa shape index (κ3) is 2.40. The quantitative estimate of drug-likeness (QED) is 0.895. The van der Waals surface area contributed by atoms with Crippen molar-refractivity contribution in [3.05, 3.63) is 60.3 Å². The molecule has 0 spiro atoms. The number of nitrogens with one attached hydrogen (secondary N) is 1. The Hall–Kier alpha value is -1.93. The van der Waals surface area contributed by atoms with Gasteiger partial charge in [0, 0.05) is 29.4 Å². The van der Waals surface area contributed by atoms with Gasteiger partial charge in [0.1, 0.15) is 0 Å². The van der Waals surface area contributed by atoms with E-state index < -0.39 is 0 Å². The molecule has 2 unspecified atom stereocenters. The van der Waals surface area contributed by atoms with Gasteiger partial charge < -0.3 is 5.32 Å². The van der Waals surface area contributed by atoms with E-state index in [9.17, 15) is 0 Å². The molecule has 1 saturated heterocycles. The van der Waals surface area contributed by atoms with Gasteiger partial charge in [0.25, 0.3) is 0 Å². The Labute approximate surface area is 125 Å². The molecule has 2 nitrogen and oxygen atoms in total. The monoisotopic (exact) mass is 276 g/mol. The second-order valence-electron chi connectivity index (χ2n) is 6.00. The lowest BCUT2D eigenvalue weighted by atomic mass is 9.91. The van der Waals surface area contributed by atoms with Crippen molar-refractivity contribution in [3.8, 4) is 11.3 Å². The molecule has 3 heterocycles. The minimum atomic E-state index is 0.504. The molecule has 1 aromatic carbocycles. The number of nitrogens with zero attached hydrogens (tertiary/aromatic N) is 1. The maximum Gasteiger partial charge on any atom is 0.0777 e. The second-order valence-corrected chi connectivity index (χ2v) is 6.00. The number of hydrogen-bond acceptors (Lipinski definition) is 2. The molecule has 0 amide bonds.